The highest BCUT2D eigenvalue weighted by molar-refractivity contribution is 7.99. The normalized spacial score (nSPS) is 11.3. The van der Waals surface area contributed by atoms with E-state index < -0.39 is 0 Å². The van der Waals surface area contributed by atoms with Crippen molar-refractivity contribution < 1.29 is 24.6 Å². The third-order valence-electron chi connectivity index (χ3n) is 4.73. The van der Waals surface area contributed by atoms with Crippen molar-refractivity contribution in [1.82, 2.24) is 0 Å². The summed E-state index contributed by atoms with van der Waals surface area (Å²) in [4.78, 5) is 12.3. The fourth-order valence-electron chi connectivity index (χ4n) is 3.08. The van der Waals surface area contributed by atoms with Gasteiger partial charge in [0.1, 0.15) is 11.5 Å². The summed E-state index contributed by atoms with van der Waals surface area (Å²) in [6, 6.07) is 9.02. The minimum Gasteiger partial charge on any atom is -0.507 e. The number of halogens is 1. The van der Waals surface area contributed by atoms with Gasteiger partial charge in [-0.1, -0.05) is 35.8 Å². The number of ether oxygens (including phenoxy) is 2. The molecule has 8 heteroatoms. The van der Waals surface area contributed by atoms with E-state index >= 15 is 0 Å². The average molecular weight is 478 g/mol. The van der Waals surface area contributed by atoms with E-state index in [1.165, 1.54) is 7.11 Å². The third kappa shape index (κ3) is 6.93. The Balaban J connectivity index is 1.94. The van der Waals surface area contributed by atoms with Crippen molar-refractivity contribution in [3.05, 3.63) is 64.7 Å². The number of benzene rings is 2. The number of hydrogen-bond donors (Lipinski definition) is 2. The Morgan fingerprint density at radius 2 is 2.09 bits per heavy atom. The number of carbonyl (C=O) groups excluding carboxylic acids is 1. The maximum Gasteiger partial charge on any atom is 0.309 e. The molecule has 32 heavy (non-hydrogen) atoms. The predicted octanol–water partition coefficient (Wildman–Crippen LogP) is 5.64. The zero-order chi connectivity index (χ0) is 23.5. The van der Waals surface area contributed by atoms with Gasteiger partial charge in [0.2, 0.25) is 0 Å². The molecule has 0 aliphatic heterocycles. The Kier molecular flexibility index (Phi) is 10.4. The van der Waals surface area contributed by atoms with Gasteiger partial charge in [-0.05, 0) is 49.1 Å². The summed E-state index contributed by atoms with van der Waals surface area (Å²) in [5.74, 6) is 1.11. The van der Waals surface area contributed by atoms with Crippen molar-refractivity contribution in [2.24, 2.45) is 5.16 Å². The highest BCUT2D eigenvalue weighted by Crippen LogP contribution is 2.34. The fraction of sp³-hybridized carbons (Fsp3) is 0.333. The van der Waals surface area contributed by atoms with Crippen molar-refractivity contribution >= 4 is 35.0 Å². The Morgan fingerprint density at radius 3 is 2.72 bits per heavy atom. The Hall–Kier alpha value is -2.64. The molecule has 0 aliphatic carbocycles. The summed E-state index contributed by atoms with van der Waals surface area (Å²) in [6.45, 7) is 6.05. The molecule has 0 unspecified atom stereocenters. The number of carbonyl (C=O) groups is 1. The first-order valence-corrected chi connectivity index (χ1v) is 11.6. The largest absolute Gasteiger partial charge is 0.507 e. The minimum atomic E-state index is -0.303. The second-order valence-electron chi connectivity index (χ2n) is 6.90. The van der Waals surface area contributed by atoms with Crippen LogP contribution >= 0.6 is 23.4 Å². The number of oxime groups is 1. The molecule has 2 aromatic rings. The van der Waals surface area contributed by atoms with E-state index in [2.05, 4.69) is 16.5 Å². The number of rotatable bonds is 12. The van der Waals surface area contributed by atoms with Gasteiger partial charge >= 0.3 is 5.97 Å². The molecule has 2 N–H and O–H groups in total. The molecule has 0 atom stereocenters. The summed E-state index contributed by atoms with van der Waals surface area (Å²) in [5.41, 5.74) is 2.32. The van der Waals surface area contributed by atoms with Gasteiger partial charge in [0.15, 0.2) is 0 Å². The van der Waals surface area contributed by atoms with Crippen LogP contribution in [0.1, 0.15) is 36.5 Å². The monoisotopic (exact) mass is 477 g/mol. The lowest BCUT2D eigenvalue weighted by atomic mass is 10.0. The van der Waals surface area contributed by atoms with Gasteiger partial charge in [-0.2, -0.15) is 0 Å². The molecule has 0 amide bonds. The Morgan fingerprint density at radius 1 is 1.31 bits per heavy atom. The number of aromatic hydroxyl groups is 1. The summed E-state index contributed by atoms with van der Waals surface area (Å²) in [5, 5.41) is 23.7. The molecule has 0 bridgehead atoms. The molecular weight excluding hydrogens is 450 g/mol. The summed E-state index contributed by atoms with van der Waals surface area (Å²) < 4.78 is 10.6. The molecule has 6 nitrogen and oxygen atoms in total. The molecule has 0 spiro atoms. The molecule has 0 aromatic heterocycles. The highest BCUT2D eigenvalue weighted by atomic mass is 35.5. The molecule has 172 valence electrons. The van der Waals surface area contributed by atoms with Gasteiger partial charge in [0.05, 0.1) is 30.9 Å². The number of phenolic OH excluding ortho intramolecular Hbond substituents is 1. The van der Waals surface area contributed by atoms with Gasteiger partial charge in [0.25, 0.3) is 0 Å². The van der Waals surface area contributed by atoms with Crippen LogP contribution in [-0.4, -0.2) is 41.5 Å². The van der Waals surface area contributed by atoms with Crippen molar-refractivity contribution in [2.75, 3.05) is 19.5 Å². The van der Waals surface area contributed by atoms with Crippen molar-refractivity contribution in [1.29, 1.82) is 0 Å². The fourth-order valence-corrected chi connectivity index (χ4v) is 4.29. The first kappa shape index (κ1) is 25.6. The number of methoxy groups -OCH3 is 1. The van der Waals surface area contributed by atoms with Gasteiger partial charge in [-0.3, -0.25) is 4.79 Å². The first-order valence-electron chi connectivity index (χ1n) is 10.2. The molecule has 0 saturated carbocycles. The number of hydrogen-bond acceptors (Lipinski definition) is 7. The lowest BCUT2D eigenvalue weighted by Crippen LogP contribution is -2.05. The van der Waals surface area contributed by atoms with E-state index in [4.69, 9.17) is 21.5 Å². The summed E-state index contributed by atoms with van der Waals surface area (Å²) >= 11 is 7.94. The number of nitrogens with zero attached hydrogens (tertiary/aromatic N) is 1. The molecule has 0 heterocycles. The number of allylic oxidation sites excluding steroid dienone is 1. The SMILES string of the molecule is C=CCc1c(OCCCSc2ccc(CC(=O)OC)cc2Cl)ccc(C(CC)=NO)c1O. The van der Waals surface area contributed by atoms with E-state index in [0.29, 0.717) is 47.1 Å². The number of esters is 1. The molecule has 0 saturated heterocycles. The van der Waals surface area contributed by atoms with Crippen molar-refractivity contribution in [3.8, 4) is 11.5 Å². The molecule has 0 fully saturated rings. The Bertz CT molecular complexity index is 977. The molecular formula is C24H28ClNO5S. The molecule has 0 aliphatic rings. The van der Waals surface area contributed by atoms with Crippen molar-refractivity contribution in [2.45, 2.75) is 37.5 Å². The standard InChI is InChI=1S/C24H28ClNO5S/c1-4-7-18-21(10-9-17(24(18)28)20(5-2)26-29)31-12-6-13-32-22-11-8-16(14-19(22)25)15-23(27)30-3/h4,8-11,14,28-29H,1,5-7,12-13,15H2,2-3H3. The first-order chi connectivity index (χ1) is 15.4. The average Bonchev–Trinajstić information content (AvgIpc) is 2.78. The van der Waals surface area contributed by atoms with E-state index in [1.807, 2.05) is 19.1 Å². The van der Waals surface area contributed by atoms with E-state index in [-0.39, 0.29) is 18.1 Å². The second-order valence-corrected chi connectivity index (χ2v) is 8.44. The van der Waals surface area contributed by atoms with Gasteiger partial charge in [-0.15, -0.1) is 18.3 Å². The lowest BCUT2D eigenvalue weighted by Gasteiger charge is -2.15. The van der Waals surface area contributed by atoms with Crippen LogP contribution in [0.2, 0.25) is 5.02 Å². The van der Waals surface area contributed by atoms with E-state index in [0.717, 1.165) is 22.6 Å². The van der Waals surface area contributed by atoms with Crippen LogP contribution in [0.25, 0.3) is 0 Å². The van der Waals surface area contributed by atoms with Crippen LogP contribution in [-0.2, 0) is 22.4 Å². The maximum atomic E-state index is 11.4. The molecule has 2 aromatic carbocycles. The van der Waals surface area contributed by atoms with Crippen LogP contribution in [0.3, 0.4) is 0 Å². The van der Waals surface area contributed by atoms with Crippen LogP contribution < -0.4 is 4.74 Å². The predicted molar refractivity (Wildman–Crippen MR) is 129 cm³/mol. The van der Waals surface area contributed by atoms with Crippen LogP contribution in [0.5, 0.6) is 11.5 Å². The second kappa shape index (κ2) is 13.0. The van der Waals surface area contributed by atoms with Gasteiger partial charge in [-0.25, -0.2) is 0 Å². The molecule has 0 radical (unpaired) electrons. The Labute approximate surface area is 197 Å². The topological polar surface area (TPSA) is 88.4 Å². The zero-order valence-corrected chi connectivity index (χ0v) is 19.8. The summed E-state index contributed by atoms with van der Waals surface area (Å²) in [6.07, 6.45) is 3.56. The number of thioether (sulfide) groups is 1. The highest BCUT2D eigenvalue weighted by Gasteiger charge is 2.16. The number of phenols is 1. The maximum absolute atomic E-state index is 11.4. The zero-order valence-electron chi connectivity index (χ0n) is 18.3. The van der Waals surface area contributed by atoms with E-state index in [1.54, 1.807) is 36.0 Å². The van der Waals surface area contributed by atoms with Crippen LogP contribution in [0, 0.1) is 0 Å². The van der Waals surface area contributed by atoms with Crippen LogP contribution in [0.4, 0.5) is 0 Å². The third-order valence-corrected chi connectivity index (χ3v) is 6.32. The van der Waals surface area contributed by atoms with Gasteiger partial charge < -0.3 is 19.8 Å². The molecule has 2 rings (SSSR count). The van der Waals surface area contributed by atoms with Crippen LogP contribution in [0.15, 0.2) is 53.0 Å². The smallest absolute Gasteiger partial charge is 0.309 e. The lowest BCUT2D eigenvalue weighted by molar-refractivity contribution is -0.139. The summed E-state index contributed by atoms with van der Waals surface area (Å²) in [7, 11) is 1.36. The quantitative estimate of drug-likeness (QED) is 0.0782. The van der Waals surface area contributed by atoms with E-state index in [9.17, 15) is 9.90 Å². The minimum absolute atomic E-state index is 0.0465. The van der Waals surface area contributed by atoms with Gasteiger partial charge in [0, 0.05) is 21.8 Å². The van der Waals surface area contributed by atoms with Crippen molar-refractivity contribution in [3.63, 3.8) is 0 Å².